The van der Waals surface area contributed by atoms with Crippen LogP contribution in [0, 0.1) is 13.8 Å². The van der Waals surface area contributed by atoms with Crippen LogP contribution in [0.5, 0.6) is 5.75 Å². The summed E-state index contributed by atoms with van der Waals surface area (Å²) >= 11 is 0. The predicted octanol–water partition coefficient (Wildman–Crippen LogP) is 4.81. The standard InChI is InChI=1S/C24H21F3N6O3/c1-14-12-17(19(13-15(14)2)33-28-9-10-29-33)23(34)32-11-5-7-18(32)21-30-22(36-31-21)16-6-3-4-8-20(16)35-24(25,26)27/h3-4,6,8-10,12-13,18H,5,7,11H2,1-2H3. The Kier molecular flexibility index (Phi) is 5.94. The molecule has 0 saturated carbocycles. The number of carbonyl (C=O) groups excluding carboxylic acids is 1. The fraction of sp³-hybridized carbons (Fsp3) is 0.292. The SMILES string of the molecule is Cc1cc(C(=O)N2CCCC2c2noc(-c3ccccc3OC(F)(F)F)n2)c(-n2nccn2)cc1C. The number of benzene rings is 2. The molecule has 1 unspecified atom stereocenters. The van der Waals surface area contributed by atoms with Crippen LogP contribution < -0.4 is 4.74 Å². The van der Waals surface area contributed by atoms with Gasteiger partial charge in [-0.2, -0.15) is 20.0 Å². The number of rotatable bonds is 5. The first kappa shape index (κ1) is 23.5. The number of aromatic nitrogens is 5. The van der Waals surface area contributed by atoms with Crippen molar-refractivity contribution in [2.45, 2.75) is 39.1 Å². The third-order valence-electron chi connectivity index (χ3n) is 6.07. The van der Waals surface area contributed by atoms with Crippen LogP contribution in [0.4, 0.5) is 13.2 Å². The minimum Gasteiger partial charge on any atom is -0.405 e. The van der Waals surface area contributed by atoms with Crippen LogP contribution in [0.2, 0.25) is 0 Å². The van der Waals surface area contributed by atoms with Crippen LogP contribution >= 0.6 is 0 Å². The highest BCUT2D eigenvalue weighted by Gasteiger charge is 2.36. The first-order chi connectivity index (χ1) is 17.2. The third-order valence-corrected chi connectivity index (χ3v) is 6.07. The summed E-state index contributed by atoms with van der Waals surface area (Å²) in [6.07, 6.45) is -0.534. The molecule has 12 heteroatoms. The van der Waals surface area contributed by atoms with Crippen molar-refractivity contribution in [3.8, 4) is 22.9 Å². The van der Waals surface area contributed by atoms with Gasteiger partial charge in [-0.3, -0.25) is 4.79 Å². The molecule has 0 aliphatic carbocycles. The molecule has 0 bridgehead atoms. The van der Waals surface area contributed by atoms with Crippen LogP contribution in [-0.4, -0.2) is 48.8 Å². The average Bonchev–Trinajstić information content (AvgIpc) is 3.60. The molecule has 4 aromatic rings. The lowest BCUT2D eigenvalue weighted by Crippen LogP contribution is -2.32. The van der Waals surface area contributed by atoms with Gasteiger partial charge in [-0.1, -0.05) is 17.3 Å². The number of alkyl halides is 3. The fourth-order valence-electron chi connectivity index (χ4n) is 4.25. The highest BCUT2D eigenvalue weighted by atomic mass is 19.4. The Labute approximate surface area is 203 Å². The molecule has 36 heavy (non-hydrogen) atoms. The van der Waals surface area contributed by atoms with E-state index >= 15 is 0 Å². The molecule has 5 rings (SSSR count). The number of likely N-dealkylation sites (tertiary alicyclic amines) is 1. The Morgan fingerprint density at radius 3 is 2.58 bits per heavy atom. The zero-order valence-corrected chi connectivity index (χ0v) is 19.4. The summed E-state index contributed by atoms with van der Waals surface area (Å²) in [5, 5.41) is 12.4. The highest BCUT2D eigenvalue weighted by Crippen LogP contribution is 2.36. The summed E-state index contributed by atoms with van der Waals surface area (Å²) in [5.41, 5.74) is 2.90. The van der Waals surface area contributed by atoms with Gasteiger partial charge in [-0.25, -0.2) is 0 Å². The Morgan fingerprint density at radius 1 is 1.11 bits per heavy atom. The van der Waals surface area contributed by atoms with Gasteiger partial charge in [-0.15, -0.1) is 13.2 Å². The number of halogens is 3. The normalized spacial score (nSPS) is 15.9. The molecule has 0 N–H and O–H groups in total. The second kappa shape index (κ2) is 9.10. The number of carbonyl (C=O) groups is 1. The minimum absolute atomic E-state index is 0.00523. The molecule has 0 spiro atoms. The molecule has 1 aliphatic heterocycles. The molecule has 1 atom stereocenters. The summed E-state index contributed by atoms with van der Waals surface area (Å²) in [5.74, 6) is -0.622. The van der Waals surface area contributed by atoms with E-state index in [0.29, 0.717) is 30.6 Å². The van der Waals surface area contributed by atoms with Crippen LogP contribution in [0.25, 0.3) is 17.1 Å². The number of nitrogens with zero attached hydrogens (tertiary/aromatic N) is 6. The van der Waals surface area contributed by atoms with Crippen LogP contribution in [-0.2, 0) is 0 Å². The van der Waals surface area contributed by atoms with Gasteiger partial charge in [0, 0.05) is 6.54 Å². The zero-order chi connectivity index (χ0) is 25.4. The van der Waals surface area contributed by atoms with E-state index in [2.05, 4.69) is 25.1 Å². The number of aryl methyl sites for hydroxylation is 2. The van der Waals surface area contributed by atoms with E-state index in [4.69, 9.17) is 4.52 Å². The van der Waals surface area contributed by atoms with Crippen molar-refractivity contribution in [3.63, 3.8) is 0 Å². The van der Waals surface area contributed by atoms with Crippen LogP contribution in [0.1, 0.15) is 46.2 Å². The molecule has 1 fully saturated rings. The lowest BCUT2D eigenvalue weighted by molar-refractivity contribution is -0.274. The topological polar surface area (TPSA) is 99.2 Å². The van der Waals surface area contributed by atoms with Crippen molar-refractivity contribution in [1.82, 2.24) is 30.0 Å². The largest absolute Gasteiger partial charge is 0.573 e. The van der Waals surface area contributed by atoms with Gasteiger partial charge >= 0.3 is 6.36 Å². The van der Waals surface area contributed by atoms with E-state index in [9.17, 15) is 18.0 Å². The lowest BCUT2D eigenvalue weighted by atomic mass is 10.0. The molecular formula is C24H21F3N6O3. The number of hydrogen-bond donors (Lipinski definition) is 0. The van der Waals surface area contributed by atoms with Gasteiger partial charge in [0.15, 0.2) is 5.82 Å². The maximum atomic E-state index is 13.7. The highest BCUT2D eigenvalue weighted by molar-refractivity contribution is 5.98. The summed E-state index contributed by atoms with van der Waals surface area (Å²) in [6.45, 7) is 4.32. The fourth-order valence-corrected chi connectivity index (χ4v) is 4.25. The van der Waals surface area contributed by atoms with Crippen molar-refractivity contribution in [2.75, 3.05) is 6.54 Å². The minimum atomic E-state index is -4.87. The van der Waals surface area contributed by atoms with Gasteiger partial charge < -0.3 is 14.2 Å². The van der Waals surface area contributed by atoms with E-state index in [1.54, 1.807) is 17.0 Å². The molecule has 186 valence electrons. The van der Waals surface area contributed by atoms with Crippen molar-refractivity contribution >= 4 is 5.91 Å². The van der Waals surface area contributed by atoms with E-state index in [0.717, 1.165) is 11.1 Å². The van der Waals surface area contributed by atoms with Crippen molar-refractivity contribution in [2.24, 2.45) is 0 Å². The molecule has 1 aliphatic rings. The maximum absolute atomic E-state index is 13.7. The Balaban J connectivity index is 1.47. The molecule has 2 aromatic heterocycles. The van der Waals surface area contributed by atoms with Gasteiger partial charge in [0.25, 0.3) is 11.8 Å². The lowest BCUT2D eigenvalue weighted by Gasteiger charge is -2.24. The van der Waals surface area contributed by atoms with E-state index in [1.807, 2.05) is 19.9 Å². The monoisotopic (exact) mass is 498 g/mol. The smallest absolute Gasteiger partial charge is 0.405 e. The molecule has 3 heterocycles. The van der Waals surface area contributed by atoms with Crippen LogP contribution in [0.3, 0.4) is 0 Å². The summed E-state index contributed by atoms with van der Waals surface area (Å²) in [6, 6.07) is 8.67. The number of para-hydroxylation sites is 1. The second-order valence-corrected chi connectivity index (χ2v) is 8.43. The molecule has 2 aromatic carbocycles. The molecule has 1 amide bonds. The Morgan fingerprint density at radius 2 is 1.83 bits per heavy atom. The third kappa shape index (κ3) is 4.53. The number of hydrogen-bond acceptors (Lipinski definition) is 7. The average molecular weight is 498 g/mol. The quantitative estimate of drug-likeness (QED) is 0.389. The van der Waals surface area contributed by atoms with E-state index in [-0.39, 0.29) is 23.2 Å². The first-order valence-electron chi connectivity index (χ1n) is 11.2. The van der Waals surface area contributed by atoms with Crippen molar-refractivity contribution in [3.05, 3.63) is 71.3 Å². The van der Waals surface area contributed by atoms with Gasteiger partial charge in [-0.05, 0) is 62.1 Å². The molecular weight excluding hydrogens is 477 g/mol. The predicted molar refractivity (Wildman–Crippen MR) is 120 cm³/mol. The Hall–Kier alpha value is -4.22. The number of ether oxygens (including phenoxy) is 1. The zero-order valence-electron chi connectivity index (χ0n) is 19.4. The summed E-state index contributed by atoms with van der Waals surface area (Å²) in [7, 11) is 0. The summed E-state index contributed by atoms with van der Waals surface area (Å²) < 4.78 is 47.9. The molecule has 1 saturated heterocycles. The van der Waals surface area contributed by atoms with Crippen LogP contribution in [0.15, 0.2) is 53.3 Å². The van der Waals surface area contributed by atoms with E-state index in [1.165, 1.54) is 35.4 Å². The van der Waals surface area contributed by atoms with Gasteiger partial charge in [0.1, 0.15) is 5.75 Å². The molecule has 9 nitrogen and oxygen atoms in total. The summed E-state index contributed by atoms with van der Waals surface area (Å²) in [4.78, 5) is 21.1. The first-order valence-corrected chi connectivity index (χ1v) is 11.2. The van der Waals surface area contributed by atoms with Gasteiger partial charge in [0.05, 0.1) is 35.2 Å². The van der Waals surface area contributed by atoms with Crippen molar-refractivity contribution in [1.29, 1.82) is 0 Å². The van der Waals surface area contributed by atoms with E-state index < -0.39 is 18.2 Å². The second-order valence-electron chi connectivity index (χ2n) is 8.43. The Bertz CT molecular complexity index is 1400. The van der Waals surface area contributed by atoms with Gasteiger partial charge in [0.2, 0.25) is 0 Å². The maximum Gasteiger partial charge on any atom is 0.573 e. The van der Waals surface area contributed by atoms with Crippen molar-refractivity contribution < 1.29 is 27.2 Å². The molecule has 0 radical (unpaired) electrons. The number of amides is 1.